The number of allylic oxidation sites excluding steroid dienone is 2. The smallest absolute Gasteiger partial charge is 0.306 e. The zero-order valence-corrected chi connectivity index (χ0v) is 12.6. The van der Waals surface area contributed by atoms with E-state index in [-0.39, 0.29) is 18.9 Å². The van der Waals surface area contributed by atoms with Crippen molar-refractivity contribution in [2.45, 2.75) is 32.1 Å². The van der Waals surface area contributed by atoms with Crippen LogP contribution in [0.25, 0.3) is 0 Å². The zero-order valence-electron chi connectivity index (χ0n) is 11.7. The number of esters is 1. The van der Waals surface area contributed by atoms with Crippen LogP contribution >= 0.6 is 11.3 Å². The molecule has 5 nitrogen and oxygen atoms in total. The van der Waals surface area contributed by atoms with Crippen molar-refractivity contribution in [1.29, 1.82) is 5.26 Å². The molecule has 2 atom stereocenters. The molecule has 1 aromatic rings. The van der Waals surface area contributed by atoms with Crippen LogP contribution in [-0.4, -0.2) is 23.3 Å². The van der Waals surface area contributed by atoms with Gasteiger partial charge >= 0.3 is 5.97 Å². The lowest BCUT2D eigenvalue weighted by Gasteiger charge is -2.09. The van der Waals surface area contributed by atoms with E-state index < -0.39 is 17.7 Å². The second-order valence-corrected chi connectivity index (χ2v) is 5.88. The van der Waals surface area contributed by atoms with Gasteiger partial charge in [0.1, 0.15) is 5.01 Å². The quantitative estimate of drug-likeness (QED) is 0.596. The van der Waals surface area contributed by atoms with Gasteiger partial charge < -0.3 is 4.74 Å². The molecule has 0 radical (unpaired) electrons. The number of aromatic nitrogens is 1. The summed E-state index contributed by atoms with van der Waals surface area (Å²) in [5.74, 6) is -1.57. The minimum Gasteiger partial charge on any atom is -0.458 e. The summed E-state index contributed by atoms with van der Waals surface area (Å²) in [5, 5.41) is 11.3. The highest BCUT2D eigenvalue weighted by Crippen LogP contribution is 2.22. The molecular weight excluding hydrogens is 288 g/mol. The molecule has 0 saturated carbocycles. The van der Waals surface area contributed by atoms with Crippen molar-refractivity contribution >= 4 is 23.1 Å². The van der Waals surface area contributed by atoms with Crippen LogP contribution in [0.2, 0.25) is 0 Å². The Labute approximate surface area is 127 Å². The number of thiazole rings is 1. The lowest BCUT2D eigenvalue weighted by atomic mass is 10.1. The zero-order chi connectivity index (χ0) is 15.2. The minimum absolute atomic E-state index is 0.209. The summed E-state index contributed by atoms with van der Waals surface area (Å²) >= 11 is 1.27. The normalized spacial score (nSPS) is 18.2. The van der Waals surface area contributed by atoms with E-state index in [9.17, 15) is 9.59 Å². The number of hydrogen-bond acceptors (Lipinski definition) is 6. The molecule has 1 aromatic heterocycles. The molecule has 2 rings (SSSR count). The van der Waals surface area contributed by atoms with Crippen LogP contribution in [0.4, 0.5) is 0 Å². The molecule has 0 bridgehead atoms. The number of rotatable bonds is 6. The van der Waals surface area contributed by atoms with Crippen LogP contribution in [0.15, 0.2) is 17.5 Å². The van der Waals surface area contributed by atoms with E-state index in [1.165, 1.54) is 11.3 Å². The summed E-state index contributed by atoms with van der Waals surface area (Å²) in [6.45, 7) is 1.43. The van der Waals surface area contributed by atoms with E-state index in [4.69, 9.17) is 10.00 Å². The van der Waals surface area contributed by atoms with Gasteiger partial charge in [-0.25, -0.2) is 4.98 Å². The van der Waals surface area contributed by atoms with Crippen LogP contribution in [0, 0.1) is 24.2 Å². The molecule has 21 heavy (non-hydrogen) atoms. The Balaban J connectivity index is 1.84. The lowest BCUT2D eigenvalue weighted by molar-refractivity contribution is -0.148. The Morgan fingerprint density at radius 2 is 2.43 bits per heavy atom. The van der Waals surface area contributed by atoms with E-state index >= 15 is 0 Å². The number of nitriles is 1. The van der Waals surface area contributed by atoms with Crippen molar-refractivity contribution in [3.8, 4) is 6.07 Å². The second kappa shape index (κ2) is 7.14. The first-order valence-electron chi connectivity index (χ1n) is 6.76. The van der Waals surface area contributed by atoms with Crippen molar-refractivity contribution in [2.24, 2.45) is 5.92 Å². The first-order valence-corrected chi connectivity index (χ1v) is 7.64. The summed E-state index contributed by atoms with van der Waals surface area (Å²) < 4.78 is 4.98. The number of nitrogens with zero attached hydrogens (tertiary/aromatic N) is 2. The van der Waals surface area contributed by atoms with Crippen molar-refractivity contribution in [2.75, 3.05) is 6.61 Å². The fourth-order valence-electron chi connectivity index (χ4n) is 2.14. The molecule has 110 valence electrons. The number of ether oxygens (including phenoxy) is 1. The monoisotopic (exact) mass is 304 g/mol. The molecule has 0 unspecified atom stereocenters. The first-order chi connectivity index (χ1) is 10.1. The summed E-state index contributed by atoms with van der Waals surface area (Å²) in [4.78, 5) is 27.8. The molecule has 0 spiro atoms. The van der Waals surface area contributed by atoms with Crippen LogP contribution in [0.5, 0.6) is 0 Å². The van der Waals surface area contributed by atoms with Crippen LogP contribution in [0.1, 0.15) is 35.9 Å². The maximum atomic E-state index is 12.0. The van der Waals surface area contributed by atoms with E-state index in [0.29, 0.717) is 5.01 Å². The van der Waals surface area contributed by atoms with E-state index in [1.54, 1.807) is 12.3 Å². The Morgan fingerprint density at radius 3 is 3.00 bits per heavy atom. The van der Waals surface area contributed by atoms with E-state index in [0.717, 1.165) is 18.5 Å². The van der Waals surface area contributed by atoms with Gasteiger partial charge in [0, 0.05) is 11.1 Å². The van der Waals surface area contributed by atoms with Gasteiger partial charge in [-0.2, -0.15) is 5.26 Å². The largest absolute Gasteiger partial charge is 0.458 e. The molecule has 0 saturated heterocycles. The van der Waals surface area contributed by atoms with Crippen molar-refractivity contribution in [3.05, 3.63) is 28.2 Å². The highest BCUT2D eigenvalue weighted by Gasteiger charge is 2.25. The summed E-state index contributed by atoms with van der Waals surface area (Å²) in [5.41, 5.74) is 0.771. The number of Topliss-reactive ketones (excluding diaryl/α,β-unsaturated/α-hetero) is 1. The Bertz CT molecular complexity index is 600. The van der Waals surface area contributed by atoms with Gasteiger partial charge in [-0.3, -0.25) is 9.59 Å². The van der Waals surface area contributed by atoms with Gasteiger partial charge in [0.15, 0.2) is 18.3 Å². The number of aryl methyl sites for hydroxylation is 1. The molecule has 0 amide bonds. The van der Waals surface area contributed by atoms with Crippen LogP contribution < -0.4 is 0 Å². The highest BCUT2D eigenvalue weighted by atomic mass is 32.1. The number of carbonyl (C=O) groups excluding carboxylic acids is 2. The number of carbonyl (C=O) groups is 2. The highest BCUT2D eigenvalue weighted by molar-refractivity contribution is 7.09. The third-order valence-corrected chi connectivity index (χ3v) is 4.28. The number of ketones is 1. The molecule has 0 N–H and O–H groups in total. The van der Waals surface area contributed by atoms with E-state index in [2.05, 4.69) is 4.98 Å². The van der Waals surface area contributed by atoms with Crippen molar-refractivity contribution < 1.29 is 14.3 Å². The van der Waals surface area contributed by atoms with Crippen molar-refractivity contribution in [3.63, 3.8) is 0 Å². The minimum atomic E-state index is -0.956. The number of hydrogen-bond donors (Lipinski definition) is 0. The Hall–Kier alpha value is -2.00. The summed E-state index contributed by atoms with van der Waals surface area (Å²) in [6.07, 6.45) is 6.26. The fourth-order valence-corrected chi connectivity index (χ4v) is 3.00. The predicted octanol–water partition coefficient (Wildman–Crippen LogP) is 2.53. The van der Waals surface area contributed by atoms with Gasteiger partial charge in [-0.1, -0.05) is 12.2 Å². The molecule has 0 aliphatic heterocycles. The van der Waals surface area contributed by atoms with Gasteiger partial charge in [0.2, 0.25) is 0 Å². The molecule has 0 fully saturated rings. The van der Waals surface area contributed by atoms with Gasteiger partial charge in [-0.05, 0) is 25.7 Å². The van der Waals surface area contributed by atoms with Crippen molar-refractivity contribution in [1.82, 2.24) is 4.98 Å². The Kier molecular flexibility index (Phi) is 5.23. The SMILES string of the molecule is Cc1csc([C@@H](C#N)C(=O)COC(=O)C[C@H]2C=CCC2)n1. The third-order valence-electron chi connectivity index (χ3n) is 3.25. The standard InChI is InChI=1S/C15H16N2O3S/c1-10-9-21-15(17-10)12(7-16)13(18)8-20-14(19)6-11-4-2-3-5-11/h2,4,9,11-12H,3,5-6,8H2,1H3/t11-,12-/m0/s1. The molecule has 1 aliphatic rings. The van der Waals surface area contributed by atoms with E-state index in [1.807, 2.05) is 18.2 Å². The first kappa shape index (κ1) is 15.4. The topological polar surface area (TPSA) is 80.0 Å². The van der Waals surface area contributed by atoms with Gasteiger partial charge in [-0.15, -0.1) is 11.3 Å². The third kappa shape index (κ3) is 4.23. The molecule has 6 heteroatoms. The maximum absolute atomic E-state index is 12.0. The molecule has 0 aromatic carbocycles. The second-order valence-electron chi connectivity index (χ2n) is 4.99. The molecular formula is C15H16N2O3S. The fraction of sp³-hybridized carbons (Fsp3) is 0.467. The summed E-state index contributed by atoms with van der Waals surface area (Å²) in [6, 6.07) is 1.92. The maximum Gasteiger partial charge on any atom is 0.306 e. The molecule has 1 heterocycles. The predicted molar refractivity (Wildman–Crippen MR) is 77.7 cm³/mol. The van der Waals surface area contributed by atoms with Gasteiger partial charge in [0.05, 0.1) is 12.5 Å². The Morgan fingerprint density at radius 1 is 1.62 bits per heavy atom. The van der Waals surface area contributed by atoms with Crippen LogP contribution in [-0.2, 0) is 14.3 Å². The summed E-state index contributed by atoms with van der Waals surface area (Å²) in [7, 11) is 0. The average Bonchev–Trinajstić information content (AvgIpc) is 3.09. The van der Waals surface area contributed by atoms with Crippen LogP contribution in [0.3, 0.4) is 0 Å². The average molecular weight is 304 g/mol. The molecule has 1 aliphatic carbocycles. The van der Waals surface area contributed by atoms with Gasteiger partial charge in [0.25, 0.3) is 0 Å². The lowest BCUT2D eigenvalue weighted by Crippen LogP contribution is -2.20.